The molecular formula is C10H17N3OS2. The van der Waals surface area contributed by atoms with Gasteiger partial charge < -0.3 is 15.1 Å². The van der Waals surface area contributed by atoms with Gasteiger partial charge in [-0.15, -0.1) is 0 Å². The fraction of sp³-hybridized carbons (Fsp3) is 0.600. The highest BCUT2D eigenvalue weighted by Gasteiger charge is 2.02. The lowest BCUT2D eigenvalue weighted by Crippen LogP contribution is -2.33. The number of thioether (sulfide) groups is 1. The number of aromatic nitrogens is 1. The highest BCUT2D eigenvalue weighted by molar-refractivity contribution is 7.99. The predicted octanol–water partition coefficient (Wildman–Crippen LogP) is 1.35. The average Bonchev–Trinajstić information content (AvgIpc) is 2.69. The SMILES string of the molecule is CNC(=S)NCCSCCc1ocnc1C. The highest BCUT2D eigenvalue weighted by Crippen LogP contribution is 2.09. The summed E-state index contributed by atoms with van der Waals surface area (Å²) in [5.41, 5.74) is 0.995. The summed E-state index contributed by atoms with van der Waals surface area (Å²) in [5, 5.41) is 6.68. The maximum Gasteiger partial charge on any atom is 0.181 e. The van der Waals surface area contributed by atoms with Crippen LogP contribution >= 0.6 is 24.0 Å². The molecule has 0 bridgehead atoms. The Labute approximate surface area is 106 Å². The van der Waals surface area contributed by atoms with Crippen LogP contribution in [0.5, 0.6) is 0 Å². The van der Waals surface area contributed by atoms with Crippen molar-refractivity contribution < 1.29 is 4.42 Å². The first-order valence-electron chi connectivity index (χ1n) is 5.16. The lowest BCUT2D eigenvalue weighted by atomic mass is 10.3. The molecule has 0 unspecified atom stereocenters. The first kappa shape index (κ1) is 13.3. The monoisotopic (exact) mass is 259 g/mol. The molecule has 0 aliphatic carbocycles. The van der Waals surface area contributed by atoms with Crippen molar-refractivity contribution in [1.29, 1.82) is 0 Å². The molecule has 4 nitrogen and oxygen atoms in total. The predicted molar refractivity (Wildman–Crippen MR) is 71.9 cm³/mol. The van der Waals surface area contributed by atoms with Gasteiger partial charge in [0.25, 0.3) is 0 Å². The Balaban J connectivity index is 2.00. The van der Waals surface area contributed by atoms with Crippen LogP contribution in [-0.4, -0.2) is 35.2 Å². The fourth-order valence-electron chi connectivity index (χ4n) is 1.16. The third-order valence-electron chi connectivity index (χ3n) is 2.08. The van der Waals surface area contributed by atoms with Crippen LogP contribution < -0.4 is 10.6 Å². The summed E-state index contributed by atoms with van der Waals surface area (Å²) in [6.07, 6.45) is 2.44. The van der Waals surface area contributed by atoms with E-state index in [2.05, 4.69) is 15.6 Å². The van der Waals surface area contributed by atoms with Gasteiger partial charge >= 0.3 is 0 Å². The molecule has 6 heteroatoms. The third-order valence-corrected chi connectivity index (χ3v) is 3.41. The Hall–Kier alpha value is -0.750. The maximum atomic E-state index is 5.26. The van der Waals surface area contributed by atoms with Gasteiger partial charge in [-0.3, -0.25) is 0 Å². The van der Waals surface area contributed by atoms with Crippen LogP contribution in [0, 0.1) is 6.92 Å². The van der Waals surface area contributed by atoms with Gasteiger partial charge in [-0.2, -0.15) is 11.8 Å². The third kappa shape index (κ3) is 4.85. The lowest BCUT2D eigenvalue weighted by molar-refractivity contribution is 0.509. The van der Waals surface area contributed by atoms with Gasteiger partial charge in [0.05, 0.1) is 5.69 Å². The van der Waals surface area contributed by atoms with E-state index >= 15 is 0 Å². The fourth-order valence-corrected chi connectivity index (χ4v) is 2.04. The summed E-state index contributed by atoms with van der Waals surface area (Å²) in [4.78, 5) is 4.05. The average molecular weight is 259 g/mol. The largest absolute Gasteiger partial charge is 0.448 e. The summed E-state index contributed by atoms with van der Waals surface area (Å²) in [7, 11) is 1.81. The van der Waals surface area contributed by atoms with Crippen LogP contribution in [0.4, 0.5) is 0 Å². The minimum atomic E-state index is 0.701. The zero-order valence-electron chi connectivity index (χ0n) is 9.58. The maximum absolute atomic E-state index is 5.26. The second kappa shape index (κ2) is 7.51. The second-order valence-electron chi connectivity index (χ2n) is 3.23. The van der Waals surface area contributed by atoms with E-state index in [0.29, 0.717) is 5.11 Å². The van der Waals surface area contributed by atoms with Crippen LogP contribution in [0.3, 0.4) is 0 Å². The molecule has 0 saturated carbocycles. The molecule has 0 amide bonds. The van der Waals surface area contributed by atoms with E-state index in [1.807, 2.05) is 25.7 Å². The van der Waals surface area contributed by atoms with Gasteiger partial charge in [0.15, 0.2) is 11.5 Å². The molecule has 0 saturated heterocycles. The van der Waals surface area contributed by atoms with Crippen LogP contribution in [0.2, 0.25) is 0 Å². The molecular weight excluding hydrogens is 242 g/mol. The van der Waals surface area contributed by atoms with E-state index in [4.69, 9.17) is 16.6 Å². The Morgan fingerprint density at radius 2 is 2.38 bits per heavy atom. The van der Waals surface area contributed by atoms with E-state index in [-0.39, 0.29) is 0 Å². The number of thiocarbonyl (C=S) groups is 1. The van der Waals surface area contributed by atoms with Crippen molar-refractivity contribution in [2.45, 2.75) is 13.3 Å². The van der Waals surface area contributed by atoms with Crippen LogP contribution in [0.15, 0.2) is 10.8 Å². The number of nitrogens with one attached hydrogen (secondary N) is 2. The van der Waals surface area contributed by atoms with Crippen molar-refractivity contribution in [2.75, 3.05) is 25.1 Å². The van der Waals surface area contributed by atoms with Crippen LogP contribution in [0.1, 0.15) is 11.5 Å². The van der Waals surface area contributed by atoms with E-state index in [1.54, 1.807) is 0 Å². The summed E-state index contributed by atoms with van der Waals surface area (Å²) >= 11 is 6.84. The minimum absolute atomic E-state index is 0.701. The first-order valence-corrected chi connectivity index (χ1v) is 6.72. The van der Waals surface area contributed by atoms with E-state index in [1.165, 1.54) is 6.39 Å². The Morgan fingerprint density at radius 3 is 3.00 bits per heavy atom. The van der Waals surface area contributed by atoms with E-state index in [0.717, 1.165) is 35.9 Å². The van der Waals surface area contributed by atoms with Gasteiger partial charge in [-0.1, -0.05) is 0 Å². The number of rotatable bonds is 6. The second-order valence-corrected chi connectivity index (χ2v) is 4.86. The number of hydrogen-bond acceptors (Lipinski definition) is 4. The quantitative estimate of drug-likeness (QED) is 0.594. The van der Waals surface area contributed by atoms with E-state index in [9.17, 15) is 0 Å². The lowest BCUT2D eigenvalue weighted by Gasteiger charge is -2.06. The molecule has 0 aliphatic rings. The Kier molecular flexibility index (Phi) is 6.25. The van der Waals surface area contributed by atoms with Gasteiger partial charge in [0.2, 0.25) is 0 Å². The van der Waals surface area contributed by atoms with Crippen molar-refractivity contribution in [3.8, 4) is 0 Å². The summed E-state index contributed by atoms with van der Waals surface area (Å²) in [6.45, 7) is 2.86. The summed E-state index contributed by atoms with van der Waals surface area (Å²) < 4.78 is 5.26. The molecule has 1 rings (SSSR count). The smallest absolute Gasteiger partial charge is 0.181 e. The molecule has 16 heavy (non-hydrogen) atoms. The molecule has 0 aliphatic heterocycles. The molecule has 0 atom stereocenters. The molecule has 0 fully saturated rings. The zero-order valence-corrected chi connectivity index (χ0v) is 11.2. The summed E-state index contributed by atoms with van der Waals surface area (Å²) in [5.74, 6) is 3.07. The van der Waals surface area contributed by atoms with Crippen molar-refractivity contribution in [3.05, 3.63) is 17.8 Å². The molecule has 1 aromatic heterocycles. The standard InChI is InChI=1S/C10H17N3OS2/c1-8-9(14-7-13-8)3-5-16-6-4-12-10(15)11-2/h7H,3-6H2,1-2H3,(H2,11,12,15). The van der Waals surface area contributed by atoms with Gasteiger partial charge in [0.1, 0.15) is 5.76 Å². The molecule has 2 N–H and O–H groups in total. The van der Waals surface area contributed by atoms with Crippen molar-refractivity contribution >= 4 is 29.1 Å². The van der Waals surface area contributed by atoms with Crippen molar-refractivity contribution in [2.24, 2.45) is 0 Å². The number of oxazole rings is 1. The van der Waals surface area contributed by atoms with Gasteiger partial charge in [0, 0.05) is 31.5 Å². The molecule has 1 heterocycles. The highest BCUT2D eigenvalue weighted by atomic mass is 32.2. The molecule has 1 aromatic rings. The van der Waals surface area contributed by atoms with E-state index < -0.39 is 0 Å². The molecule has 0 aromatic carbocycles. The molecule has 90 valence electrons. The topological polar surface area (TPSA) is 50.1 Å². The molecule has 0 spiro atoms. The van der Waals surface area contributed by atoms with Crippen molar-refractivity contribution in [3.63, 3.8) is 0 Å². The summed E-state index contributed by atoms with van der Waals surface area (Å²) in [6, 6.07) is 0. The van der Waals surface area contributed by atoms with Gasteiger partial charge in [-0.05, 0) is 19.1 Å². The van der Waals surface area contributed by atoms with Crippen molar-refractivity contribution in [1.82, 2.24) is 15.6 Å². The van der Waals surface area contributed by atoms with Gasteiger partial charge in [-0.25, -0.2) is 4.98 Å². The Bertz CT molecular complexity index is 328. The minimum Gasteiger partial charge on any atom is -0.448 e. The normalized spacial score (nSPS) is 10.1. The van der Waals surface area contributed by atoms with Crippen LogP contribution in [-0.2, 0) is 6.42 Å². The number of aryl methyl sites for hydroxylation is 2. The number of nitrogens with zero attached hydrogens (tertiary/aromatic N) is 1. The van der Waals surface area contributed by atoms with Crippen LogP contribution in [0.25, 0.3) is 0 Å². The molecule has 0 radical (unpaired) electrons. The number of hydrogen-bond donors (Lipinski definition) is 2. The Morgan fingerprint density at radius 1 is 1.56 bits per heavy atom. The zero-order chi connectivity index (χ0) is 11.8. The first-order chi connectivity index (χ1) is 7.74.